The number of hydrogen-bond acceptors (Lipinski definition) is 4. The van der Waals surface area contributed by atoms with Crippen molar-refractivity contribution < 1.29 is 0 Å². The number of nitrogens with zero attached hydrogens (tertiary/aromatic N) is 6. The van der Waals surface area contributed by atoms with E-state index in [1.54, 1.807) is 12.5 Å². The van der Waals surface area contributed by atoms with Crippen molar-refractivity contribution in [2.24, 2.45) is 7.05 Å². The van der Waals surface area contributed by atoms with Gasteiger partial charge in [-0.3, -0.25) is 9.25 Å². The Kier molecular flexibility index (Phi) is 3.17. The fourth-order valence-corrected chi connectivity index (χ4v) is 2.52. The largest absolute Gasteiger partial charge is 0.369 e. The van der Waals surface area contributed by atoms with Gasteiger partial charge in [0.25, 0.3) is 0 Å². The molecule has 20 heavy (non-hydrogen) atoms. The van der Waals surface area contributed by atoms with Crippen LogP contribution in [0.1, 0.15) is 19.0 Å². The average molecular weight is 273 g/mol. The summed E-state index contributed by atoms with van der Waals surface area (Å²) in [6.45, 7) is 3.70. The summed E-state index contributed by atoms with van der Waals surface area (Å²) in [6, 6.07) is 0. The topological polar surface area (TPSA) is 79.5 Å². The van der Waals surface area contributed by atoms with E-state index in [0.717, 1.165) is 42.8 Å². The smallest absolute Gasteiger partial charge is 0.202 e. The summed E-state index contributed by atoms with van der Waals surface area (Å²) in [4.78, 5) is 8.53. The van der Waals surface area contributed by atoms with Crippen LogP contribution in [0, 0.1) is 0 Å². The van der Waals surface area contributed by atoms with Gasteiger partial charge in [-0.15, -0.1) is 0 Å². The third kappa shape index (κ3) is 2.04. The van der Waals surface area contributed by atoms with E-state index in [1.807, 2.05) is 27.1 Å². The maximum atomic E-state index is 6.06. The molecule has 106 valence electrons. The second-order valence-electron chi connectivity index (χ2n) is 4.91. The Bertz CT molecular complexity index is 705. The molecule has 2 N–H and O–H groups in total. The molecule has 3 rings (SSSR count). The maximum Gasteiger partial charge on any atom is 0.202 e. The lowest BCUT2D eigenvalue weighted by molar-refractivity contribution is 0.581. The van der Waals surface area contributed by atoms with Crippen molar-refractivity contribution in [1.82, 2.24) is 28.9 Å². The summed E-state index contributed by atoms with van der Waals surface area (Å²) < 4.78 is 5.91. The first-order valence-electron chi connectivity index (χ1n) is 6.84. The molecule has 0 saturated heterocycles. The Hall–Kier alpha value is -2.31. The summed E-state index contributed by atoms with van der Waals surface area (Å²) in [5, 5.41) is 4.54. The predicted octanol–water partition coefficient (Wildman–Crippen LogP) is 1.20. The molecule has 0 amide bonds. The zero-order valence-electron chi connectivity index (χ0n) is 11.8. The minimum atomic E-state index is 0.547. The highest BCUT2D eigenvalue weighted by Gasteiger charge is 2.17. The van der Waals surface area contributed by atoms with Crippen molar-refractivity contribution in [3.63, 3.8) is 0 Å². The standard InChI is InChI=1S/C13H19N7/c1-3-4-10-11-12(18(2)17-10)20(13(14)16-11)8-7-19-6-5-15-9-19/h5-6,9H,3-4,7-8H2,1-2H3,(H2,14,16). The fraction of sp³-hybridized carbons (Fsp3) is 0.462. The molecule has 0 aliphatic rings. The summed E-state index contributed by atoms with van der Waals surface area (Å²) in [6.07, 6.45) is 7.49. The monoisotopic (exact) mass is 273 g/mol. The third-order valence-electron chi connectivity index (χ3n) is 3.45. The van der Waals surface area contributed by atoms with Gasteiger partial charge in [0.05, 0.1) is 12.0 Å². The maximum absolute atomic E-state index is 6.06. The number of nitrogens with two attached hydrogens (primary N) is 1. The average Bonchev–Trinajstić information content (AvgIpc) is 3.08. The number of rotatable bonds is 5. The molecule has 7 heteroatoms. The number of anilines is 1. The van der Waals surface area contributed by atoms with Crippen molar-refractivity contribution >= 4 is 17.1 Å². The van der Waals surface area contributed by atoms with Crippen molar-refractivity contribution in [2.45, 2.75) is 32.9 Å². The van der Waals surface area contributed by atoms with Gasteiger partial charge < -0.3 is 10.3 Å². The van der Waals surface area contributed by atoms with Gasteiger partial charge in [-0.2, -0.15) is 5.10 Å². The van der Waals surface area contributed by atoms with E-state index in [-0.39, 0.29) is 0 Å². The first kappa shape index (κ1) is 12.7. The molecule has 0 aromatic carbocycles. The van der Waals surface area contributed by atoms with E-state index in [4.69, 9.17) is 5.73 Å². The van der Waals surface area contributed by atoms with Crippen molar-refractivity contribution in [1.29, 1.82) is 0 Å². The highest BCUT2D eigenvalue weighted by molar-refractivity contribution is 5.77. The lowest BCUT2D eigenvalue weighted by atomic mass is 10.2. The molecule has 3 heterocycles. The molecule has 0 unspecified atom stereocenters. The van der Waals surface area contributed by atoms with Gasteiger partial charge in [0.2, 0.25) is 5.95 Å². The van der Waals surface area contributed by atoms with Crippen LogP contribution in [0.3, 0.4) is 0 Å². The summed E-state index contributed by atoms with van der Waals surface area (Å²) in [7, 11) is 1.94. The SMILES string of the molecule is CCCc1nn(C)c2c1nc(N)n2CCn1ccnc1. The van der Waals surface area contributed by atoms with E-state index < -0.39 is 0 Å². The molecule has 0 aliphatic carbocycles. The Balaban J connectivity index is 1.95. The van der Waals surface area contributed by atoms with Gasteiger partial charge in [-0.05, 0) is 6.42 Å². The minimum Gasteiger partial charge on any atom is -0.369 e. The second-order valence-corrected chi connectivity index (χ2v) is 4.91. The van der Waals surface area contributed by atoms with E-state index in [9.17, 15) is 0 Å². The molecule has 0 atom stereocenters. The number of aromatic nitrogens is 6. The Morgan fingerprint density at radius 1 is 1.30 bits per heavy atom. The third-order valence-corrected chi connectivity index (χ3v) is 3.45. The highest BCUT2D eigenvalue weighted by atomic mass is 15.3. The quantitative estimate of drug-likeness (QED) is 0.757. The minimum absolute atomic E-state index is 0.547. The number of aryl methyl sites for hydroxylation is 4. The molecule has 0 saturated carbocycles. The lowest BCUT2D eigenvalue weighted by Gasteiger charge is -2.07. The first-order chi connectivity index (χ1) is 9.70. The molecule has 7 nitrogen and oxygen atoms in total. The summed E-state index contributed by atoms with van der Waals surface area (Å²) in [5.74, 6) is 0.547. The van der Waals surface area contributed by atoms with Crippen LogP contribution in [-0.2, 0) is 26.6 Å². The van der Waals surface area contributed by atoms with Crippen LogP contribution in [0.15, 0.2) is 18.7 Å². The summed E-state index contributed by atoms with van der Waals surface area (Å²) >= 11 is 0. The molecule has 0 aliphatic heterocycles. The molecule has 3 aromatic rings. The van der Waals surface area contributed by atoms with Crippen LogP contribution in [0.4, 0.5) is 5.95 Å². The van der Waals surface area contributed by atoms with Gasteiger partial charge >= 0.3 is 0 Å². The number of imidazole rings is 2. The van der Waals surface area contributed by atoms with E-state index in [1.165, 1.54) is 0 Å². The highest BCUT2D eigenvalue weighted by Crippen LogP contribution is 2.21. The van der Waals surface area contributed by atoms with Crippen molar-refractivity contribution in [3.8, 4) is 0 Å². The van der Waals surface area contributed by atoms with Crippen LogP contribution in [0.5, 0.6) is 0 Å². The molecular weight excluding hydrogens is 254 g/mol. The van der Waals surface area contributed by atoms with Gasteiger partial charge in [0, 0.05) is 32.5 Å². The van der Waals surface area contributed by atoms with Crippen LogP contribution < -0.4 is 5.73 Å². The molecule has 0 radical (unpaired) electrons. The van der Waals surface area contributed by atoms with Crippen molar-refractivity contribution in [3.05, 3.63) is 24.4 Å². The van der Waals surface area contributed by atoms with Gasteiger partial charge in [-0.1, -0.05) is 13.3 Å². The van der Waals surface area contributed by atoms with Crippen molar-refractivity contribution in [2.75, 3.05) is 5.73 Å². The molecular formula is C13H19N7. The van der Waals surface area contributed by atoms with Crippen LogP contribution in [-0.4, -0.2) is 28.9 Å². The van der Waals surface area contributed by atoms with Gasteiger partial charge in [0.15, 0.2) is 5.65 Å². The molecule has 0 fully saturated rings. The zero-order chi connectivity index (χ0) is 14.1. The van der Waals surface area contributed by atoms with Gasteiger partial charge in [-0.25, -0.2) is 9.97 Å². The summed E-state index contributed by atoms with van der Waals surface area (Å²) in [5.41, 5.74) is 9.00. The number of nitrogen functional groups attached to an aromatic ring is 1. The first-order valence-corrected chi connectivity index (χ1v) is 6.84. The second kappa shape index (κ2) is 4.99. The fourth-order valence-electron chi connectivity index (χ4n) is 2.52. The lowest BCUT2D eigenvalue weighted by Crippen LogP contribution is -2.11. The van der Waals surface area contributed by atoms with Crippen LogP contribution in [0.2, 0.25) is 0 Å². The van der Waals surface area contributed by atoms with E-state index >= 15 is 0 Å². The molecule has 0 spiro atoms. The molecule has 3 aromatic heterocycles. The van der Waals surface area contributed by atoms with Crippen LogP contribution >= 0.6 is 0 Å². The van der Waals surface area contributed by atoms with Crippen LogP contribution in [0.25, 0.3) is 11.2 Å². The zero-order valence-corrected chi connectivity index (χ0v) is 11.8. The Morgan fingerprint density at radius 2 is 2.15 bits per heavy atom. The Labute approximate surface area is 117 Å². The predicted molar refractivity (Wildman–Crippen MR) is 77.1 cm³/mol. The Morgan fingerprint density at radius 3 is 2.85 bits per heavy atom. The van der Waals surface area contributed by atoms with Gasteiger partial charge in [0.1, 0.15) is 5.52 Å². The number of fused-ring (bicyclic) bond motifs is 1. The normalized spacial score (nSPS) is 11.5. The molecule has 0 bridgehead atoms. The number of hydrogen-bond donors (Lipinski definition) is 1. The van der Waals surface area contributed by atoms with E-state index in [0.29, 0.717) is 5.95 Å². The van der Waals surface area contributed by atoms with E-state index in [2.05, 4.69) is 22.0 Å².